The molecule has 1 aliphatic rings. The number of aliphatic hydroxyl groups excluding tert-OH is 1. The third-order valence-electron chi connectivity index (χ3n) is 3.04. The van der Waals surface area contributed by atoms with Crippen LogP contribution in [0, 0.1) is 5.92 Å². The van der Waals surface area contributed by atoms with E-state index in [1.54, 1.807) is 6.20 Å². The summed E-state index contributed by atoms with van der Waals surface area (Å²) in [5.74, 6) is 2.12. The van der Waals surface area contributed by atoms with Crippen molar-refractivity contribution in [2.45, 2.75) is 19.4 Å². The number of rotatable bonds is 2. The van der Waals surface area contributed by atoms with Gasteiger partial charge in [-0.2, -0.15) is 5.10 Å². The van der Waals surface area contributed by atoms with Gasteiger partial charge in [-0.1, -0.05) is 0 Å². The van der Waals surface area contributed by atoms with Gasteiger partial charge in [0.05, 0.1) is 0 Å². The first-order valence-corrected chi connectivity index (χ1v) is 5.41. The molecule has 2 aromatic heterocycles. The molecule has 6 heteroatoms. The summed E-state index contributed by atoms with van der Waals surface area (Å²) in [6.07, 6.45) is 3.56. The maximum absolute atomic E-state index is 9.20. The van der Waals surface area contributed by atoms with Gasteiger partial charge in [0, 0.05) is 31.7 Å². The Morgan fingerprint density at radius 2 is 2.44 bits per heavy atom. The number of hydrogen-bond donors (Lipinski definition) is 2. The second-order valence-electron chi connectivity index (χ2n) is 4.11. The molecule has 0 bridgehead atoms. The molecule has 0 radical (unpaired) electrons. The average molecular weight is 219 g/mol. The predicted octanol–water partition coefficient (Wildman–Crippen LogP) is 0.223. The van der Waals surface area contributed by atoms with E-state index < -0.39 is 0 Å². The standard InChI is InChI=1S/C10H13N5O/c16-6-7-1-2-9-13-14-10(15(9)5-7)8-3-4-11-12-8/h3-4,7,16H,1-2,5-6H2,(H,11,12). The van der Waals surface area contributed by atoms with Crippen LogP contribution < -0.4 is 0 Å². The minimum atomic E-state index is 0.222. The Labute approximate surface area is 92.3 Å². The van der Waals surface area contributed by atoms with Crippen molar-refractivity contribution in [1.82, 2.24) is 25.0 Å². The molecule has 84 valence electrons. The molecule has 16 heavy (non-hydrogen) atoms. The van der Waals surface area contributed by atoms with Gasteiger partial charge < -0.3 is 9.67 Å². The average Bonchev–Trinajstić information content (AvgIpc) is 2.96. The third-order valence-corrected chi connectivity index (χ3v) is 3.04. The largest absolute Gasteiger partial charge is 0.396 e. The Balaban J connectivity index is 2.00. The van der Waals surface area contributed by atoms with Crippen LogP contribution in [0.3, 0.4) is 0 Å². The Morgan fingerprint density at radius 1 is 1.50 bits per heavy atom. The number of fused-ring (bicyclic) bond motifs is 1. The van der Waals surface area contributed by atoms with E-state index in [2.05, 4.69) is 25.0 Å². The third kappa shape index (κ3) is 1.42. The van der Waals surface area contributed by atoms with Gasteiger partial charge in [-0.15, -0.1) is 10.2 Å². The van der Waals surface area contributed by atoms with Crippen molar-refractivity contribution in [1.29, 1.82) is 0 Å². The van der Waals surface area contributed by atoms with Gasteiger partial charge in [-0.25, -0.2) is 0 Å². The number of nitrogens with one attached hydrogen (secondary N) is 1. The molecule has 1 unspecified atom stereocenters. The second-order valence-corrected chi connectivity index (χ2v) is 4.11. The molecule has 1 atom stereocenters. The summed E-state index contributed by atoms with van der Waals surface area (Å²) in [7, 11) is 0. The first kappa shape index (κ1) is 9.53. The smallest absolute Gasteiger partial charge is 0.182 e. The van der Waals surface area contributed by atoms with Crippen molar-refractivity contribution in [3.05, 3.63) is 18.1 Å². The zero-order valence-electron chi connectivity index (χ0n) is 8.80. The van der Waals surface area contributed by atoms with E-state index in [-0.39, 0.29) is 6.61 Å². The molecule has 0 saturated carbocycles. The molecule has 6 nitrogen and oxygen atoms in total. The van der Waals surface area contributed by atoms with Crippen molar-refractivity contribution in [3.8, 4) is 11.5 Å². The van der Waals surface area contributed by atoms with E-state index >= 15 is 0 Å². The lowest BCUT2D eigenvalue weighted by atomic mass is 10.0. The van der Waals surface area contributed by atoms with Crippen LogP contribution >= 0.6 is 0 Å². The predicted molar refractivity (Wildman–Crippen MR) is 56.5 cm³/mol. The number of aromatic nitrogens is 5. The monoisotopic (exact) mass is 219 g/mol. The molecule has 0 fully saturated rings. The molecular weight excluding hydrogens is 206 g/mol. The van der Waals surface area contributed by atoms with Gasteiger partial charge >= 0.3 is 0 Å². The lowest BCUT2D eigenvalue weighted by Crippen LogP contribution is -2.23. The number of aliphatic hydroxyl groups is 1. The molecule has 0 spiro atoms. The Morgan fingerprint density at radius 3 is 3.19 bits per heavy atom. The summed E-state index contributed by atoms with van der Waals surface area (Å²) in [6.45, 7) is 1.01. The summed E-state index contributed by atoms with van der Waals surface area (Å²) >= 11 is 0. The topological polar surface area (TPSA) is 79.6 Å². The highest BCUT2D eigenvalue weighted by atomic mass is 16.3. The van der Waals surface area contributed by atoms with Gasteiger partial charge in [0.15, 0.2) is 5.82 Å². The molecule has 2 aromatic rings. The van der Waals surface area contributed by atoms with Crippen LogP contribution in [0.15, 0.2) is 12.3 Å². The van der Waals surface area contributed by atoms with Crippen LogP contribution in [-0.4, -0.2) is 36.7 Å². The van der Waals surface area contributed by atoms with E-state index in [1.807, 2.05) is 6.07 Å². The fourth-order valence-electron chi connectivity index (χ4n) is 2.12. The van der Waals surface area contributed by atoms with Crippen molar-refractivity contribution in [2.75, 3.05) is 6.61 Å². The van der Waals surface area contributed by atoms with E-state index in [4.69, 9.17) is 0 Å². The number of nitrogens with zero attached hydrogens (tertiary/aromatic N) is 4. The van der Waals surface area contributed by atoms with Crippen molar-refractivity contribution < 1.29 is 5.11 Å². The number of hydrogen-bond acceptors (Lipinski definition) is 4. The summed E-state index contributed by atoms with van der Waals surface area (Å²) in [5, 5.41) is 24.3. The van der Waals surface area contributed by atoms with Crippen LogP contribution in [0.25, 0.3) is 11.5 Å². The summed E-state index contributed by atoms with van der Waals surface area (Å²) < 4.78 is 2.07. The van der Waals surface area contributed by atoms with Crippen LogP contribution in [-0.2, 0) is 13.0 Å². The number of aromatic amines is 1. The van der Waals surface area contributed by atoms with Crippen LogP contribution in [0.2, 0.25) is 0 Å². The molecule has 0 aliphatic carbocycles. The fourth-order valence-corrected chi connectivity index (χ4v) is 2.12. The Kier molecular flexibility index (Phi) is 2.21. The van der Waals surface area contributed by atoms with Gasteiger partial charge in [-0.3, -0.25) is 5.10 Å². The molecule has 1 aliphatic heterocycles. The Hall–Kier alpha value is -1.69. The van der Waals surface area contributed by atoms with Gasteiger partial charge in [0.2, 0.25) is 0 Å². The van der Waals surface area contributed by atoms with E-state index in [0.29, 0.717) is 5.92 Å². The lowest BCUT2D eigenvalue weighted by Gasteiger charge is -2.22. The van der Waals surface area contributed by atoms with Crippen molar-refractivity contribution >= 4 is 0 Å². The zero-order valence-corrected chi connectivity index (χ0v) is 8.80. The SMILES string of the molecule is OCC1CCc2nnc(-c3ccn[nH]3)n2C1. The van der Waals surface area contributed by atoms with Gasteiger partial charge in [-0.05, 0) is 12.5 Å². The molecule has 3 heterocycles. The first-order valence-electron chi connectivity index (χ1n) is 5.41. The highest BCUT2D eigenvalue weighted by molar-refractivity contribution is 5.48. The van der Waals surface area contributed by atoms with Gasteiger partial charge in [0.1, 0.15) is 11.5 Å². The second kappa shape index (κ2) is 3.71. The van der Waals surface area contributed by atoms with Crippen LogP contribution in [0.1, 0.15) is 12.2 Å². The maximum Gasteiger partial charge on any atom is 0.182 e. The molecule has 0 saturated heterocycles. The highest BCUT2D eigenvalue weighted by Crippen LogP contribution is 2.23. The van der Waals surface area contributed by atoms with E-state index in [9.17, 15) is 5.11 Å². The molecule has 2 N–H and O–H groups in total. The Bertz CT molecular complexity index is 475. The molecule has 0 aromatic carbocycles. The zero-order chi connectivity index (χ0) is 11.0. The van der Waals surface area contributed by atoms with Gasteiger partial charge in [0.25, 0.3) is 0 Å². The summed E-state index contributed by atoms with van der Waals surface area (Å²) in [6, 6.07) is 1.87. The normalized spacial score (nSPS) is 19.7. The summed E-state index contributed by atoms with van der Waals surface area (Å²) in [5.41, 5.74) is 0.873. The first-order chi connectivity index (χ1) is 7.88. The maximum atomic E-state index is 9.20. The fraction of sp³-hybridized carbons (Fsp3) is 0.500. The highest BCUT2D eigenvalue weighted by Gasteiger charge is 2.23. The number of H-pyrrole nitrogens is 1. The van der Waals surface area contributed by atoms with Crippen LogP contribution in [0.5, 0.6) is 0 Å². The van der Waals surface area contributed by atoms with E-state index in [0.717, 1.165) is 36.7 Å². The van der Waals surface area contributed by atoms with Crippen LogP contribution in [0.4, 0.5) is 0 Å². The molecular formula is C10H13N5O. The molecule has 0 amide bonds. The quantitative estimate of drug-likeness (QED) is 0.757. The minimum absolute atomic E-state index is 0.222. The number of aryl methyl sites for hydroxylation is 1. The summed E-state index contributed by atoms with van der Waals surface area (Å²) in [4.78, 5) is 0. The minimum Gasteiger partial charge on any atom is -0.396 e. The van der Waals surface area contributed by atoms with E-state index in [1.165, 1.54) is 0 Å². The van der Waals surface area contributed by atoms with Crippen molar-refractivity contribution in [3.63, 3.8) is 0 Å². The van der Waals surface area contributed by atoms with Crippen molar-refractivity contribution in [2.24, 2.45) is 5.92 Å². The lowest BCUT2D eigenvalue weighted by molar-refractivity contribution is 0.191. The molecule has 3 rings (SSSR count).